The van der Waals surface area contributed by atoms with E-state index in [0.717, 1.165) is 36.6 Å². The van der Waals surface area contributed by atoms with Gasteiger partial charge in [0.25, 0.3) is 0 Å². The van der Waals surface area contributed by atoms with Gasteiger partial charge in [-0.25, -0.2) is 4.39 Å². The molecule has 2 aromatic carbocycles. The molecule has 0 spiro atoms. The lowest BCUT2D eigenvalue weighted by atomic mass is 10.1. The van der Waals surface area contributed by atoms with Gasteiger partial charge in [0, 0.05) is 38.3 Å². The van der Waals surface area contributed by atoms with Crippen LogP contribution in [0.5, 0.6) is 11.5 Å². The molecule has 0 bridgehead atoms. The number of hydrogen-bond donors (Lipinski definition) is 3. The van der Waals surface area contributed by atoms with Crippen molar-refractivity contribution in [1.29, 1.82) is 0 Å². The molecular weight excluding hydrogens is 355 g/mol. The van der Waals surface area contributed by atoms with Gasteiger partial charge in [0.2, 0.25) is 0 Å². The van der Waals surface area contributed by atoms with Crippen LogP contribution in [0.3, 0.4) is 0 Å². The Morgan fingerprint density at radius 1 is 0.821 bits per heavy atom. The van der Waals surface area contributed by atoms with E-state index in [4.69, 9.17) is 15.5 Å². The van der Waals surface area contributed by atoms with Crippen molar-refractivity contribution < 1.29 is 9.13 Å². The second kappa shape index (κ2) is 10.5. The first-order valence-corrected chi connectivity index (χ1v) is 9.36. The van der Waals surface area contributed by atoms with Gasteiger partial charge in [-0.1, -0.05) is 6.07 Å². The van der Waals surface area contributed by atoms with Gasteiger partial charge in [0.15, 0.2) is 0 Å². The molecular formula is C22H25FN4O. The van der Waals surface area contributed by atoms with Gasteiger partial charge in [-0.15, -0.1) is 0 Å². The zero-order valence-electron chi connectivity index (χ0n) is 15.7. The first kappa shape index (κ1) is 19.9. The summed E-state index contributed by atoms with van der Waals surface area (Å²) in [6.07, 6.45) is 0. The molecule has 3 aromatic rings. The zero-order valence-corrected chi connectivity index (χ0v) is 15.7. The molecule has 0 aliphatic heterocycles. The van der Waals surface area contributed by atoms with E-state index in [0.29, 0.717) is 24.6 Å². The highest BCUT2D eigenvalue weighted by atomic mass is 19.1. The first-order chi connectivity index (χ1) is 13.7. The minimum absolute atomic E-state index is 0.282. The van der Waals surface area contributed by atoms with Crippen LogP contribution >= 0.6 is 0 Å². The van der Waals surface area contributed by atoms with Gasteiger partial charge >= 0.3 is 0 Å². The van der Waals surface area contributed by atoms with E-state index in [-0.39, 0.29) is 5.82 Å². The summed E-state index contributed by atoms with van der Waals surface area (Å²) in [5.74, 6) is 1.01. The van der Waals surface area contributed by atoms with E-state index in [2.05, 4.69) is 10.6 Å². The fourth-order valence-electron chi connectivity index (χ4n) is 2.69. The second-order valence-corrected chi connectivity index (χ2v) is 6.31. The lowest BCUT2D eigenvalue weighted by Crippen LogP contribution is -2.30. The van der Waals surface area contributed by atoms with Crippen molar-refractivity contribution in [2.75, 3.05) is 26.2 Å². The highest BCUT2D eigenvalue weighted by Crippen LogP contribution is 2.25. The van der Waals surface area contributed by atoms with Crippen LogP contribution in [-0.4, -0.2) is 31.2 Å². The van der Waals surface area contributed by atoms with Crippen molar-refractivity contribution in [2.45, 2.75) is 6.54 Å². The number of pyridine rings is 1. The number of ether oxygens (including phenoxy) is 1. The molecule has 146 valence electrons. The number of nitrogens with zero attached hydrogens (tertiary/aromatic N) is 1. The van der Waals surface area contributed by atoms with Crippen molar-refractivity contribution in [3.05, 3.63) is 78.2 Å². The zero-order chi connectivity index (χ0) is 19.6. The molecule has 0 fully saturated rings. The highest BCUT2D eigenvalue weighted by molar-refractivity contribution is 5.60. The van der Waals surface area contributed by atoms with E-state index in [1.165, 1.54) is 12.1 Å². The molecule has 3 rings (SSSR count). The first-order valence-electron chi connectivity index (χ1n) is 9.36. The summed E-state index contributed by atoms with van der Waals surface area (Å²) < 4.78 is 18.7. The summed E-state index contributed by atoms with van der Waals surface area (Å²) in [6.45, 7) is 3.94. The van der Waals surface area contributed by atoms with Crippen LogP contribution in [0.4, 0.5) is 4.39 Å². The normalized spacial score (nSPS) is 10.8. The number of rotatable bonds is 10. The smallest absolute Gasteiger partial charge is 0.127 e. The summed E-state index contributed by atoms with van der Waals surface area (Å²) in [4.78, 5) is 4.71. The van der Waals surface area contributed by atoms with Gasteiger partial charge in [-0.05, 0) is 60.7 Å². The fraction of sp³-hybridized carbons (Fsp3) is 0.227. The predicted octanol–water partition coefficient (Wildman–Crippen LogP) is 3.32. The number of halogens is 1. The van der Waals surface area contributed by atoms with Gasteiger partial charge in [0.1, 0.15) is 17.3 Å². The van der Waals surface area contributed by atoms with Crippen molar-refractivity contribution in [3.63, 3.8) is 0 Å². The summed E-state index contributed by atoms with van der Waals surface area (Å²) in [7, 11) is 0. The highest BCUT2D eigenvalue weighted by Gasteiger charge is 2.03. The molecule has 0 aliphatic rings. The Labute approximate surface area is 164 Å². The molecule has 0 atom stereocenters. The third kappa shape index (κ3) is 6.13. The van der Waals surface area contributed by atoms with Gasteiger partial charge in [-0.3, -0.25) is 4.98 Å². The standard InChI is InChI=1S/C22H25FN4O/c23-18-6-10-21(11-7-18)28-20-8-4-17(5-9-20)22-3-1-2-19(27-22)16-26-15-14-25-13-12-24/h1-11,25-26H,12-16,24H2. The second-order valence-electron chi connectivity index (χ2n) is 6.31. The largest absolute Gasteiger partial charge is 0.457 e. The topological polar surface area (TPSA) is 72.2 Å². The van der Waals surface area contributed by atoms with Crippen molar-refractivity contribution in [1.82, 2.24) is 15.6 Å². The average molecular weight is 380 g/mol. The van der Waals surface area contributed by atoms with E-state index in [1.54, 1.807) is 12.1 Å². The van der Waals surface area contributed by atoms with Gasteiger partial charge < -0.3 is 21.1 Å². The Bertz CT molecular complexity index is 853. The summed E-state index contributed by atoms with van der Waals surface area (Å²) in [5, 5.41) is 6.61. The Kier molecular flexibility index (Phi) is 7.49. The Hall–Kier alpha value is -2.80. The summed E-state index contributed by atoms with van der Waals surface area (Å²) in [6, 6.07) is 19.7. The maximum absolute atomic E-state index is 13.0. The third-order valence-electron chi connectivity index (χ3n) is 4.11. The van der Waals surface area contributed by atoms with Crippen LogP contribution in [0.15, 0.2) is 66.7 Å². The van der Waals surface area contributed by atoms with Crippen molar-refractivity contribution in [3.8, 4) is 22.8 Å². The molecule has 5 nitrogen and oxygen atoms in total. The molecule has 0 aliphatic carbocycles. The van der Waals surface area contributed by atoms with Crippen LogP contribution in [0.2, 0.25) is 0 Å². The van der Waals surface area contributed by atoms with E-state index in [9.17, 15) is 4.39 Å². The fourth-order valence-corrected chi connectivity index (χ4v) is 2.69. The third-order valence-corrected chi connectivity index (χ3v) is 4.11. The minimum atomic E-state index is -0.282. The maximum atomic E-state index is 13.0. The maximum Gasteiger partial charge on any atom is 0.127 e. The van der Waals surface area contributed by atoms with Crippen molar-refractivity contribution >= 4 is 0 Å². The van der Waals surface area contributed by atoms with Crippen LogP contribution in [0, 0.1) is 5.82 Å². The van der Waals surface area contributed by atoms with E-state index >= 15 is 0 Å². The Morgan fingerprint density at radius 2 is 1.50 bits per heavy atom. The molecule has 0 amide bonds. The molecule has 1 aromatic heterocycles. The van der Waals surface area contributed by atoms with Crippen LogP contribution in [0.25, 0.3) is 11.3 Å². The number of nitrogens with one attached hydrogen (secondary N) is 2. The average Bonchev–Trinajstić information content (AvgIpc) is 2.73. The van der Waals surface area contributed by atoms with Gasteiger partial charge in [0.05, 0.1) is 11.4 Å². The molecule has 6 heteroatoms. The Balaban J connectivity index is 1.56. The lowest BCUT2D eigenvalue weighted by molar-refractivity contribution is 0.480. The molecule has 0 saturated heterocycles. The molecule has 1 heterocycles. The number of aromatic nitrogens is 1. The number of nitrogens with two attached hydrogens (primary N) is 1. The number of benzene rings is 2. The SMILES string of the molecule is NCCNCCNCc1cccc(-c2ccc(Oc3ccc(F)cc3)cc2)n1. The number of hydrogen-bond acceptors (Lipinski definition) is 5. The molecule has 4 N–H and O–H groups in total. The molecule has 0 saturated carbocycles. The van der Waals surface area contributed by atoms with E-state index in [1.807, 2.05) is 42.5 Å². The van der Waals surface area contributed by atoms with Crippen LogP contribution in [0.1, 0.15) is 5.69 Å². The Morgan fingerprint density at radius 3 is 2.21 bits per heavy atom. The van der Waals surface area contributed by atoms with Crippen LogP contribution in [-0.2, 0) is 6.54 Å². The molecule has 0 unspecified atom stereocenters. The molecule has 28 heavy (non-hydrogen) atoms. The van der Waals surface area contributed by atoms with E-state index < -0.39 is 0 Å². The quantitative estimate of drug-likeness (QED) is 0.471. The minimum Gasteiger partial charge on any atom is -0.457 e. The van der Waals surface area contributed by atoms with Gasteiger partial charge in [-0.2, -0.15) is 0 Å². The predicted molar refractivity (Wildman–Crippen MR) is 110 cm³/mol. The van der Waals surface area contributed by atoms with Crippen LogP contribution < -0.4 is 21.1 Å². The summed E-state index contributed by atoms with van der Waals surface area (Å²) >= 11 is 0. The summed E-state index contributed by atoms with van der Waals surface area (Å²) in [5.41, 5.74) is 8.36. The molecule has 0 radical (unpaired) electrons. The monoisotopic (exact) mass is 380 g/mol. The van der Waals surface area contributed by atoms with Crippen molar-refractivity contribution in [2.24, 2.45) is 5.73 Å². The lowest BCUT2D eigenvalue weighted by Gasteiger charge is -2.09.